The Labute approximate surface area is 114 Å². The Bertz CT molecular complexity index is 372. The first kappa shape index (κ1) is 13.0. The van der Waals surface area contributed by atoms with E-state index in [1.807, 2.05) is 0 Å². The molecule has 1 saturated carbocycles. The number of hydrogen-bond acceptors (Lipinski definition) is 3. The lowest BCUT2D eigenvalue weighted by Crippen LogP contribution is -2.52. The minimum atomic E-state index is -0.0762. The fraction of sp³-hybridized carbons (Fsp3) is 0.667. The lowest BCUT2D eigenvalue weighted by Gasteiger charge is -2.38. The van der Waals surface area contributed by atoms with Crippen molar-refractivity contribution in [2.45, 2.75) is 38.1 Å². The van der Waals surface area contributed by atoms with Crippen molar-refractivity contribution in [2.24, 2.45) is 5.92 Å². The van der Waals surface area contributed by atoms with Gasteiger partial charge in [-0.15, -0.1) is 11.3 Å². The standard InChI is InChI=1S/C12H17BrN2OS/c1-9-2-4-12(7-13,5-3-9)15-11(16)10-6-17-8-14-10/h6,8-9H,2-5,7H2,1H3,(H,15,16). The molecule has 0 bridgehead atoms. The van der Waals surface area contributed by atoms with E-state index in [-0.39, 0.29) is 11.4 Å². The molecule has 0 spiro atoms. The van der Waals surface area contributed by atoms with Gasteiger partial charge in [0.25, 0.3) is 5.91 Å². The minimum absolute atomic E-state index is 0.0414. The molecule has 1 aromatic rings. The van der Waals surface area contributed by atoms with Gasteiger partial charge in [-0.25, -0.2) is 4.98 Å². The maximum absolute atomic E-state index is 12.0. The molecule has 1 fully saturated rings. The highest BCUT2D eigenvalue weighted by Gasteiger charge is 2.35. The molecule has 2 rings (SSSR count). The van der Waals surface area contributed by atoms with E-state index in [1.165, 1.54) is 24.2 Å². The molecule has 0 saturated heterocycles. The first-order valence-electron chi connectivity index (χ1n) is 5.92. The number of alkyl halides is 1. The summed E-state index contributed by atoms with van der Waals surface area (Å²) in [5.74, 6) is 0.735. The summed E-state index contributed by atoms with van der Waals surface area (Å²) in [6.07, 6.45) is 4.47. The number of carbonyl (C=O) groups excluding carboxylic acids is 1. The maximum Gasteiger partial charge on any atom is 0.271 e. The fourth-order valence-corrected chi connectivity index (χ4v) is 3.47. The quantitative estimate of drug-likeness (QED) is 0.870. The number of aromatic nitrogens is 1. The molecule has 1 aliphatic carbocycles. The number of nitrogens with one attached hydrogen (secondary N) is 1. The van der Waals surface area contributed by atoms with Crippen molar-refractivity contribution in [3.05, 3.63) is 16.6 Å². The summed E-state index contributed by atoms with van der Waals surface area (Å²) in [6.45, 7) is 2.28. The Morgan fingerprint density at radius 1 is 1.65 bits per heavy atom. The normalized spacial score (nSPS) is 28.9. The summed E-state index contributed by atoms with van der Waals surface area (Å²) < 4.78 is 0. The first-order valence-corrected chi connectivity index (χ1v) is 7.98. The molecule has 94 valence electrons. The van der Waals surface area contributed by atoms with E-state index in [0.29, 0.717) is 5.69 Å². The molecule has 17 heavy (non-hydrogen) atoms. The smallest absolute Gasteiger partial charge is 0.271 e. The summed E-state index contributed by atoms with van der Waals surface area (Å²) in [6, 6.07) is 0. The highest BCUT2D eigenvalue weighted by Crippen LogP contribution is 2.33. The Balaban J connectivity index is 2.02. The van der Waals surface area contributed by atoms with E-state index in [4.69, 9.17) is 0 Å². The predicted molar refractivity (Wildman–Crippen MR) is 73.7 cm³/mol. The number of thiazole rings is 1. The van der Waals surface area contributed by atoms with E-state index >= 15 is 0 Å². The van der Waals surface area contributed by atoms with Crippen LogP contribution in [0.1, 0.15) is 43.1 Å². The first-order chi connectivity index (χ1) is 8.15. The largest absolute Gasteiger partial charge is 0.344 e. The van der Waals surface area contributed by atoms with Crippen LogP contribution in [-0.4, -0.2) is 21.8 Å². The van der Waals surface area contributed by atoms with Gasteiger partial charge < -0.3 is 5.32 Å². The van der Waals surface area contributed by atoms with Gasteiger partial charge in [0.15, 0.2) is 0 Å². The molecule has 3 nitrogen and oxygen atoms in total. The Morgan fingerprint density at radius 3 is 2.88 bits per heavy atom. The molecule has 0 aromatic carbocycles. The molecule has 5 heteroatoms. The number of rotatable bonds is 3. The van der Waals surface area contributed by atoms with E-state index in [1.54, 1.807) is 10.9 Å². The summed E-state index contributed by atoms with van der Waals surface area (Å²) in [5, 5.41) is 5.78. The highest BCUT2D eigenvalue weighted by atomic mass is 79.9. The fourth-order valence-electron chi connectivity index (χ4n) is 2.24. The Morgan fingerprint density at radius 2 is 2.35 bits per heavy atom. The predicted octanol–water partition coefficient (Wildman–Crippen LogP) is 3.22. The average molecular weight is 317 g/mol. The average Bonchev–Trinajstić information content (AvgIpc) is 2.86. The van der Waals surface area contributed by atoms with Gasteiger partial charge in [-0.2, -0.15) is 0 Å². The van der Waals surface area contributed by atoms with Gasteiger partial charge in [0.2, 0.25) is 0 Å². The van der Waals surface area contributed by atoms with Gasteiger partial charge >= 0.3 is 0 Å². The summed E-state index contributed by atoms with van der Waals surface area (Å²) in [4.78, 5) is 16.1. The van der Waals surface area contributed by atoms with Crippen LogP contribution in [-0.2, 0) is 0 Å². The maximum atomic E-state index is 12.0. The topological polar surface area (TPSA) is 42.0 Å². The van der Waals surface area contributed by atoms with Gasteiger partial charge in [0.05, 0.1) is 11.0 Å². The van der Waals surface area contributed by atoms with Crippen molar-refractivity contribution >= 4 is 33.2 Å². The molecule has 0 atom stereocenters. The van der Waals surface area contributed by atoms with Crippen LogP contribution in [0.5, 0.6) is 0 Å². The van der Waals surface area contributed by atoms with Crippen LogP contribution in [0.2, 0.25) is 0 Å². The molecule has 1 aromatic heterocycles. The van der Waals surface area contributed by atoms with Crippen molar-refractivity contribution in [3.8, 4) is 0 Å². The SMILES string of the molecule is CC1CCC(CBr)(NC(=O)c2cscn2)CC1. The van der Waals surface area contributed by atoms with Gasteiger partial charge in [0.1, 0.15) is 5.69 Å². The number of nitrogens with zero attached hydrogens (tertiary/aromatic N) is 1. The molecular formula is C12H17BrN2OS. The number of carbonyl (C=O) groups is 1. The Kier molecular flexibility index (Phi) is 4.20. The van der Waals surface area contributed by atoms with E-state index in [9.17, 15) is 4.79 Å². The zero-order valence-electron chi connectivity index (χ0n) is 9.91. The van der Waals surface area contributed by atoms with E-state index in [2.05, 4.69) is 33.2 Å². The number of hydrogen-bond donors (Lipinski definition) is 1. The van der Waals surface area contributed by atoms with Crippen LogP contribution in [0.4, 0.5) is 0 Å². The van der Waals surface area contributed by atoms with Gasteiger partial charge in [-0.1, -0.05) is 22.9 Å². The van der Waals surface area contributed by atoms with Crippen LogP contribution < -0.4 is 5.32 Å². The number of amides is 1. The van der Waals surface area contributed by atoms with Gasteiger partial charge in [-0.05, 0) is 31.6 Å². The third-order valence-corrected chi connectivity index (χ3v) is 5.19. The number of halogens is 1. The van der Waals surface area contributed by atoms with Crippen molar-refractivity contribution < 1.29 is 4.79 Å². The molecule has 0 radical (unpaired) electrons. The molecule has 1 heterocycles. The van der Waals surface area contributed by atoms with Crippen LogP contribution in [0.25, 0.3) is 0 Å². The van der Waals surface area contributed by atoms with Crippen LogP contribution >= 0.6 is 27.3 Å². The van der Waals surface area contributed by atoms with Crippen molar-refractivity contribution in [1.82, 2.24) is 10.3 Å². The molecule has 1 N–H and O–H groups in total. The zero-order valence-corrected chi connectivity index (χ0v) is 12.3. The van der Waals surface area contributed by atoms with Crippen LogP contribution in [0, 0.1) is 5.92 Å². The van der Waals surface area contributed by atoms with Crippen molar-refractivity contribution in [3.63, 3.8) is 0 Å². The summed E-state index contributed by atoms with van der Waals surface area (Å²) in [7, 11) is 0. The molecule has 1 amide bonds. The van der Waals surface area contributed by atoms with E-state index in [0.717, 1.165) is 24.1 Å². The van der Waals surface area contributed by atoms with E-state index < -0.39 is 0 Å². The third kappa shape index (κ3) is 3.07. The Hall–Kier alpha value is -0.420. The van der Waals surface area contributed by atoms with Crippen molar-refractivity contribution in [2.75, 3.05) is 5.33 Å². The lowest BCUT2D eigenvalue weighted by atomic mass is 9.78. The molecular weight excluding hydrogens is 300 g/mol. The van der Waals surface area contributed by atoms with Gasteiger partial charge in [0, 0.05) is 10.7 Å². The zero-order chi connectivity index (χ0) is 12.3. The highest BCUT2D eigenvalue weighted by molar-refractivity contribution is 9.09. The lowest BCUT2D eigenvalue weighted by molar-refractivity contribution is 0.0870. The summed E-state index contributed by atoms with van der Waals surface area (Å²) >= 11 is 5.00. The second kappa shape index (κ2) is 5.48. The molecule has 0 aliphatic heterocycles. The van der Waals surface area contributed by atoms with Gasteiger partial charge in [-0.3, -0.25) is 4.79 Å². The van der Waals surface area contributed by atoms with Crippen molar-refractivity contribution in [1.29, 1.82) is 0 Å². The minimum Gasteiger partial charge on any atom is -0.344 e. The molecule has 0 unspecified atom stereocenters. The molecule has 1 aliphatic rings. The monoisotopic (exact) mass is 316 g/mol. The van der Waals surface area contributed by atoms with Crippen LogP contribution in [0.15, 0.2) is 10.9 Å². The second-order valence-corrected chi connectivity index (χ2v) is 6.20. The van der Waals surface area contributed by atoms with Crippen LogP contribution in [0.3, 0.4) is 0 Å². The third-order valence-electron chi connectivity index (χ3n) is 3.53. The second-order valence-electron chi connectivity index (χ2n) is 4.92. The summed E-state index contributed by atoms with van der Waals surface area (Å²) in [5.41, 5.74) is 2.15.